The van der Waals surface area contributed by atoms with Crippen molar-refractivity contribution < 1.29 is 0 Å². The van der Waals surface area contributed by atoms with E-state index in [9.17, 15) is 0 Å². The number of pyridine rings is 2. The van der Waals surface area contributed by atoms with Gasteiger partial charge in [-0.3, -0.25) is 4.98 Å². The number of imidazole rings is 1. The van der Waals surface area contributed by atoms with Crippen LogP contribution >= 0.6 is 0 Å². The van der Waals surface area contributed by atoms with E-state index in [1.165, 1.54) is 29.5 Å². The fourth-order valence-electron chi connectivity index (χ4n) is 4.88. The van der Waals surface area contributed by atoms with E-state index < -0.39 is 0 Å². The topological polar surface area (TPSA) is 71.8 Å². The number of aryl methyl sites for hydroxylation is 4. The van der Waals surface area contributed by atoms with Gasteiger partial charge in [-0.05, 0) is 73.1 Å². The van der Waals surface area contributed by atoms with E-state index in [1.807, 2.05) is 43.5 Å². The fraction of sp³-hybridized carbons (Fsp3) is 0.259. The van der Waals surface area contributed by atoms with Crippen LogP contribution in [0.4, 0.5) is 0 Å². The highest BCUT2D eigenvalue weighted by Gasteiger charge is 2.19. The lowest BCUT2D eigenvalue weighted by Gasteiger charge is -2.06. The van der Waals surface area contributed by atoms with Crippen molar-refractivity contribution in [3.8, 4) is 22.6 Å². The molecule has 1 N–H and O–H groups in total. The summed E-state index contributed by atoms with van der Waals surface area (Å²) in [5, 5.41) is 4.29. The van der Waals surface area contributed by atoms with Gasteiger partial charge in [0.1, 0.15) is 12.2 Å². The van der Waals surface area contributed by atoms with E-state index in [-0.39, 0.29) is 0 Å². The van der Waals surface area contributed by atoms with Gasteiger partial charge in [-0.15, -0.1) is 0 Å². The first-order valence-electron chi connectivity index (χ1n) is 11.6. The van der Waals surface area contributed by atoms with Crippen LogP contribution in [0.3, 0.4) is 0 Å². The molecule has 5 aromatic rings. The zero-order valence-electron chi connectivity index (χ0n) is 18.9. The lowest BCUT2D eigenvalue weighted by Crippen LogP contribution is -1.96. The predicted octanol–water partition coefficient (Wildman–Crippen LogP) is 5.32. The number of fused-ring (bicyclic) bond motifs is 2. The zero-order chi connectivity index (χ0) is 22.4. The third-order valence-corrected chi connectivity index (χ3v) is 6.68. The standard InChI is InChI=1S/C27H26N6/c1-17-6-9-20-14-19(7-11-22(17)20)8-12-24-31-26(21-10-13-25-28-16-29-33(25)15-21)27(32-24)23-5-3-4-18(2)30-23/h3-5,7,10-11,13-17H,6,8-9,12H2,1-2H3,(H,31,32). The Hall–Kier alpha value is -3.80. The van der Waals surface area contributed by atoms with E-state index in [0.29, 0.717) is 5.92 Å². The molecule has 4 heterocycles. The third kappa shape index (κ3) is 3.71. The molecule has 1 aromatic carbocycles. The molecule has 1 atom stereocenters. The Morgan fingerprint density at radius 3 is 2.91 bits per heavy atom. The second-order valence-electron chi connectivity index (χ2n) is 9.02. The second-order valence-corrected chi connectivity index (χ2v) is 9.02. The van der Waals surface area contributed by atoms with E-state index in [1.54, 1.807) is 10.8 Å². The molecular formula is C27H26N6. The first-order chi connectivity index (χ1) is 16.1. The van der Waals surface area contributed by atoms with Gasteiger partial charge in [0.2, 0.25) is 0 Å². The van der Waals surface area contributed by atoms with Crippen molar-refractivity contribution in [2.45, 2.75) is 45.4 Å². The van der Waals surface area contributed by atoms with E-state index in [4.69, 9.17) is 9.97 Å². The summed E-state index contributed by atoms with van der Waals surface area (Å²) in [7, 11) is 0. The molecule has 33 heavy (non-hydrogen) atoms. The molecule has 1 aliphatic rings. The van der Waals surface area contributed by atoms with E-state index in [0.717, 1.165) is 52.7 Å². The predicted molar refractivity (Wildman–Crippen MR) is 129 cm³/mol. The van der Waals surface area contributed by atoms with Crippen molar-refractivity contribution in [2.75, 3.05) is 0 Å². The van der Waals surface area contributed by atoms with Crippen LogP contribution < -0.4 is 0 Å². The van der Waals surface area contributed by atoms with Crippen LogP contribution in [0, 0.1) is 6.92 Å². The summed E-state index contributed by atoms with van der Waals surface area (Å²) in [6.07, 6.45) is 7.81. The zero-order valence-corrected chi connectivity index (χ0v) is 18.9. The average Bonchev–Trinajstić information content (AvgIpc) is 3.55. The summed E-state index contributed by atoms with van der Waals surface area (Å²) >= 11 is 0. The molecule has 6 nitrogen and oxygen atoms in total. The molecule has 0 saturated heterocycles. The number of benzene rings is 1. The van der Waals surface area contributed by atoms with Crippen LogP contribution in [0.2, 0.25) is 0 Å². The third-order valence-electron chi connectivity index (χ3n) is 6.68. The highest BCUT2D eigenvalue weighted by atomic mass is 15.3. The van der Waals surface area contributed by atoms with Gasteiger partial charge < -0.3 is 4.98 Å². The molecule has 0 amide bonds. The minimum Gasteiger partial charge on any atom is -0.340 e. The van der Waals surface area contributed by atoms with Crippen molar-refractivity contribution in [1.29, 1.82) is 0 Å². The number of nitrogens with one attached hydrogen (secondary N) is 1. The molecule has 164 valence electrons. The van der Waals surface area contributed by atoms with E-state index >= 15 is 0 Å². The number of rotatable bonds is 5. The van der Waals surface area contributed by atoms with E-state index in [2.05, 4.69) is 40.2 Å². The quantitative estimate of drug-likeness (QED) is 0.406. The van der Waals surface area contributed by atoms with Crippen LogP contribution in [0.1, 0.15) is 47.5 Å². The summed E-state index contributed by atoms with van der Waals surface area (Å²) in [6.45, 7) is 4.34. The molecule has 0 radical (unpaired) electrons. The monoisotopic (exact) mass is 434 g/mol. The molecule has 0 fully saturated rings. The Morgan fingerprint density at radius 2 is 2.00 bits per heavy atom. The first-order valence-corrected chi connectivity index (χ1v) is 11.6. The van der Waals surface area contributed by atoms with Crippen molar-refractivity contribution in [3.63, 3.8) is 0 Å². The maximum atomic E-state index is 5.02. The van der Waals surface area contributed by atoms with Crippen molar-refractivity contribution >= 4 is 5.65 Å². The van der Waals surface area contributed by atoms with Gasteiger partial charge in [-0.2, -0.15) is 5.10 Å². The Labute approximate surface area is 192 Å². The van der Waals surface area contributed by atoms with Crippen LogP contribution in [-0.2, 0) is 19.3 Å². The van der Waals surface area contributed by atoms with Crippen molar-refractivity contribution in [1.82, 2.24) is 29.5 Å². The molecule has 4 aromatic heterocycles. The number of aromatic nitrogens is 6. The van der Waals surface area contributed by atoms with Gasteiger partial charge >= 0.3 is 0 Å². The number of H-pyrrole nitrogens is 1. The Kier molecular flexibility index (Phi) is 4.79. The molecule has 0 aliphatic heterocycles. The molecule has 1 unspecified atom stereocenters. The molecule has 0 bridgehead atoms. The maximum Gasteiger partial charge on any atom is 0.155 e. The van der Waals surface area contributed by atoms with Crippen LogP contribution in [0.5, 0.6) is 0 Å². The minimum atomic E-state index is 0.688. The molecular weight excluding hydrogens is 408 g/mol. The van der Waals surface area contributed by atoms with Gasteiger partial charge in [0.15, 0.2) is 5.65 Å². The lowest BCUT2D eigenvalue weighted by atomic mass is 10.00. The Balaban J connectivity index is 1.35. The van der Waals surface area contributed by atoms with Crippen molar-refractivity contribution in [3.05, 3.63) is 89.3 Å². The summed E-state index contributed by atoms with van der Waals surface area (Å²) in [6, 6.07) is 17.1. The summed E-state index contributed by atoms with van der Waals surface area (Å²) < 4.78 is 1.78. The average molecular weight is 435 g/mol. The molecule has 1 aliphatic carbocycles. The Morgan fingerprint density at radius 1 is 1.06 bits per heavy atom. The summed E-state index contributed by atoms with van der Waals surface area (Å²) in [5.74, 6) is 1.66. The van der Waals surface area contributed by atoms with Gasteiger partial charge in [0.05, 0.1) is 17.1 Å². The van der Waals surface area contributed by atoms with Crippen LogP contribution in [-0.4, -0.2) is 29.5 Å². The van der Waals surface area contributed by atoms with Gasteiger partial charge in [-0.25, -0.2) is 14.5 Å². The molecule has 6 heteroatoms. The molecule has 6 rings (SSSR count). The van der Waals surface area contributed by atoms with Crippen LogP contribution in [0.25, 0.3) is 28.3 Å². The minimum absolute atomic E-state index is 0.688. The number of hydrogen-bond donors (Lipinski definition) is 1. The highest BCUT2D eigenvalue weighted by Crippen LogP contribution is 2.33. The highest BCUT2D eigenvalue weighted by molar-refractivity contribution is 5.77. The first kappa shape index (κ1) is 19.9. The van der Waals surface area contributed by atoms with Gasteiger partial charge in [-0.1, -0.05) is 31.2 Å². The number of hydrogen-bond acceptors (Lipinski definition) is 4. The maximum absolute atomic E-state index is 5.02. The Bertz CT molecular complexity index is 1460. The number of nitrogens with zero attached hydrogens (tertiary/aromatic N) is 5. The fourth-order valence-corrected chi connectivity index (χ4v) is 4.88. The smallest absolute Gasteiger partial charge is 0.155 e. The molecule has 0 spiro atoms. The summed E-state index contributed by atoms with van der Waals surface area (Å²) in [5.41, 5.74) is 9.93. The lowest BCUT2D eigenvalue weighted by molar-refractivity contribution is 0.747. The molecule has 0 saturated carbocycles. The van der Waals surface area contributed by atoms with Crippen LogP contribution in [0.15, 0.2) is 61.1 Å². The second kappa shape index (κ2) is 7.96. The van der Waals surface area contributed by atoms with Gasteiger partial charge in [0.25, 0.3) is 0 Å². The normalized spacial score (nSPS) is 15.3. The summed E-state index contributed by atoms with van der Waals surface area (Å²) in [4.78, 5) is 17.6. The SMILES string of the molecule is Cc1cccc(-c2[nH]c(CCc3ccc4c(c3)CCC4C)nc2-c2ccc3ncnn3c2)n1. The largest absolute Gasteiger partial charge is 0.340 e. The van der Waals surface area contributed by atoms with Crippen molar-refractivity contribution in [2.24, 2.45) is 0 Å². The number of aromatic amines is 1. The van der Waals surface area contributed by atoms with Gasteiger partial charge in [0, 0.05) is 23.9 Å².